The molecule has 6 heteroatoms. The van der Waals surface area contributed by atoms with Crippen molar-refractivity contribution < 1.29 is 4.79 Å². The standard InChI is InChI=1S/C16H19N5O/c1-10(16-18-11(2)19-20-16)17-15(22)8-12-9-21(3)14-7-5-4-6-13(12)14/h4-7,9-10H,8H2,1-3H3,(H,17,22)(H,18,19,20)/t10-/m1/s1. The van der Waals surface area contributed by atoms with Crippen molar-refractivity contribution in [3.8, 4) is 0 Å². The molecule has 0 aliphatic rings. The van der Waals surface area contributed by atoms with Crippen LogP contribution in [0.15, 0.2) is 30.5 Å². The maximum absolute atomic E-state index is 12.3. The van der Waals surface area contributed by atoms with Crippen molar-refractivity contribution in [1.82, 2.24) is 25.1 Å². The third-order valence-electron chi connectivity index (χ3n) is 3.71. The van der Waals surface area contributed by atoms with E-state index in [2.05, 4.69) is 26.6 Å². The molecule has 0 spiro atoms. The summed E-state index contributed by atoms with van der Waals surface area (Å²) in [6, 6.07) is 7.87. The van der Waals surface area contributed by atoms with Gasteiger partial charge >= 0.3 is 0 Å². The summed E-state index contributed by atoms with van der Waals surface area (Å²) in [6.07, 6.45) is 2.35. The van der Waals surface area contributed by atoms with Gasteiger partial charge in [-0.15, -0.1) is 0 Å². The molecule has 114 valence electrons. The number of carbonyl (C=O) groups is 1. The van der Waals surface area contributed by atoms with Gasteiger partial charge in [-0.25, -0.2) is 4.98 Å². The summed E-state index contributed by atoms with van der Waals surface area (Å²) in [7, 11) is 1.99. The van der Waals surface area contributed by atoms with E-state index in [-0.39, 0.29) is 11.9 Å². The zero-order chi connectivity index (χ0) is 15.7. The number of aromatic nitrogens is 4. The normalized spacial score (nSPS) is 12.5. The maximum atomic E-state index is 12.3. The minimum Gasteiger partial charge on any atom is -0.350 e. The van der Waals surface area contributed by atoms with Gasteiger partial charge in [-0.05, 0) is 25.5 Å². The fourth-order valence-electron chi connectivity index (χ4n) is 2.65. The molecule has 0 aliphatic carbocycles. The molecule has 3 rings (SSSR count). The van der Waals surface area contributed by atoms with Crippen LogP contribution >= 0.6 is 0 Å². The Morgan fingerprint density at radius 1 is 1.41 bits per heavy atom. The molecule has 2 N–H and O–H groups in total. The fraction of sp³-hybridized carbons (Fsp3) is 0.312. The molecule has 2 heterocycles. The minimum atomic E-state index is -0.215. The van der Waals surface area contributed by atoms with Crippen molar-refractivity contribution in [2.24, 2.45) is 7.05 Å². The molecule has 0 fully saturated rings. The monoisotopic (exact) mass is 297 g/mol. The van der Waals surface area contributed by atoms with Crippen molar-refractivity contribution in [3.05, 3.63) is 47.7 Å². The van der Waals surface area contributed by atoms with Crippen LogP contribution in [0.5, 0.6) is 0 Å². The third-order valence-corrected chi connectivity index (χ3v) is 3.71. The average molecular weight is 297 g/mol. The lowest BCUT2D eigenvalue weighted by Gasteiger charge is -2.10. The molecule has 0 saturated heterocycles. The van der Waals surface area contributed by atoms with Crippen LogP contribution in [0.1, 0.15) is 30.2 Å². The molecule has 0 saturated carbocycles. The summed E-state index contributed by atoms with van der Waals surface area (Å²) in [4.78, 5) is 16.5. The largest absolute Gasteiger partial charge is 0.350 e. The highest BCUT2D eigenvalue weighted by Gasteiger charge is 2.15. The molecule has 22 heavy (non-hydrogen) atoms. The van der Waals surface area contributed by atoms with Crippen LogP contribution in [0.2, 0.25) is 0 Å². The number of fused-ring (bicyclic) bond motifs is 1. The number of nitrogens with one attached hydrogen (secondary N) is 2. The molecule has 1 atom stereocenters. The van der Waals surface area contributed by atoms with E-state index in [4.69, 9.17) is 0 Å². The van der Waals surface area contributed by atoms with Crippen LogP contribution in [0.4, 0.5) is 0 Å². The number of carbonyl (C=O) groups excluding carboxylic acids is 1. The first kappa shape index (κ1) is 14.3. The third kappa shape index (κ3) is 2.72. The lowest BCUT2D eigenvalue weighted by atomic mass is 10.1. The fourth-order valence-corrected chi connectivity index (χ4v) is 2.65. The second kappa shape index (κ2) is 5.63. The smallest absolute Gasteiger partial charge is 0.225 e. The lowest BCUT2D eigenvalue weighted by Crippen LogP contribution is -2.28. The van der Waals surface area contributed by atoms with Gasteiger partial charge in [0.15, 0.2) is 5.82 Å². The van der Waals surface area contributed by atoms with Crippen molar-refractivity contribution in [1.29, 1.82) is 0 Å². The Hall–Kier alpha value is -2.63. The van der Waals surface area contributed by atoms with Gasteiger partial charge in [-0.2, -0.15) is 5.10 Å². The number of para-hydroxylation sites is 1. The van der Waals surface area contributed by atoms with Gasteiger partial charge in [-0.1, -0.05) is 18.2 Å². The van der Waals surface area contributed by atoms with E-state index >= 15 is 0 Å². The number of rotatable bonds is 4. The summed E-state index contributed by atoms with van der Waals surface area (Å²) in [5.74, 6) is 1.31. The first-order valence-electron chi connectivity index (χ1n) is 7.26. The zero-order valence-electron chi connectivity index (χ0n) is 12.9. The Bertz CT molecular complexity index is 817. The number of aryl methyl sites for hydroxylation is 2. The Morgan fingerprint density at radius 3 is 2.91 bits per heavy atom. The number of aromatic amines is 1. The second-order valence-electron chi connectivity index (χ2n) is 5.53. The predicted molar refractivity (Wildman–Crippen MR) is 84.3 cm³/mol. The van der Waals surface area contributed by atoms with Gasteiger partial charge in [0.25, 0.3) is 0 Å². The molecule has 1 aromatic carbocycles. The van der Waals surface area contributed by atoms with E-state index in [9.17, 15) is 4.79 Å². The molecule has 2 aromatic heterocycles. The molecule has 3 aromatic rings. The number of nitrogens with zero attached hydrogens (tertiary/aromatic N) is 3. The van der Waals surface area contributed by atoms with E-state index in [0.29, 0.717) is 12.2 Å². The highest BCUT2D eigenvalue weighted by Crippen LogP contribution is 2.20. The maximum Gasteiger partial charge on any atom is 0.225 e. The van der Waals surface area contributed by atoms with E-state index in [1.165, 1.54) is 0 Å². The number of hydrogen-bond donors (Lipinski definition) is 2. The van der Waals surface area contributed by atoms with Crippen LogP contribution in [0, 0.1) is 6.92 Å². The van der Waals surface area contributed by atoms with Crippen LogP contribution in [-0.4, -0.2) is 25.7 Å². The van der Waals surface area contributed by atoms with Crippen molar-refractivity contribution >= 4 is 16.8 Å². The second-order valence-corrected chi connectivity index (χ2v) is 5.53. The van der Waals surface area contributed by atoms with Crippen LogP contribution in [-0.2, 0) is 18.3 Å². The molecular formula is C16H19N5O. The molecule has 6 nitrogen and oxygen atoms in total. The molecule has 0 unspecified atom stereocenters. The van der Waals surface area contributed by atoms with E-state index < -0.39 is 0 Å². The van der Waals surface area contributed by atoms with Crippen molar-refractivity contribution in [2.75, 3.05) is 0 Å². The van der Waals surface area contributed by atoms with Gasteiger partial charge in [0, 0.05) is 24.1 Å². The molecular weight excluding hydrogens is 278 g/mol. The number of hydrogen-bond acceptors (Lipinski definition) is 3. The zero-order valence-corrected chi connectivity index (χ0v) is 12.9. The number of amides is 1. The summed E-state index contributed by atoms with van der Waals surface area (Å²) in [5.41, 5.74) is 2.15. The van der Waals surface area contributed by atoms with E-state index in [1.54, 1.807) is 0 Å². The van der Waals surface area contributed by atoms with E-state index in [0.717, 1.165) is 22.3 Å². The highest BCUT2D eigenvalue weighted by molar-refractivity contribution is 5.89. The van der Waals surface area contributed by atoms with E-state index in [1.807, 2.05) is 49.9 Å². The highest BCUT2D eigenvalue weighted by atomic mass is 16.1. The number of benzene rings is 1. The molecule has 0 radical (unpaired) electrons. The van der Waals surface area contributed by atoms with Crippen LogP contribution in [0.25, 0.3) is 10.9 Å². The van der Waals surface area contributed by atoms with Crippen molar-refractivity contribution in [2.45, 2.75) is 26.3 Å². The summed E-state index contributed by atoms with van der Waals surface area (Å²) in [5, 5.41) is 10.9. The first-order valence-corrected chi connectivity index (χ1v) is 7.26. The van der Waals surface area contributed by atoms with Gasteiger partial charge in [0.2, 0.25) is 5.91 Å². The Kier molecular flexibility index (Phi) is 3.66. The van der Waals surface area contributed by atoms with Gasteiger partial charge in [-0.3, -0.25) is 9.89 Å². The molecule has 0 bridgehead atoms. The topological polar surface area (TPSA) is 75.6 Å². The number of H-pyrrole nitrogens is 1. The predicted octanol–water partition coefficient (Wildman–Crippen LogP) is 2.02. The van der Waals surface area contributed by atoms with Crippen LogP contribution in [0.3, 0.4) is 0 Å². The summed E-state index contributed by atoms with van der Waals surface area (Å²) >= 11 is 0. The Balaban J connectivity index is 1.73. The van der Waals surface area contributed by atoms with Gasteiger partial charge in [0.05, 0.1) is 12.5 Å². The SMILES string of the molecule is Cc1nc([C@@H](C)NC(=O)Cc2cn(C)c3ccccc23)n[nH]1. The quantitative estimate of drug-likeness (QED) is 0.773. The Morgan fingerprint density at radius 2 is 2.18 bits per heavy atom. The van der Waals surface area contributed by atoms with Crippen molar-refractivity contribution in [3.63, 3.8) is 0 Å². The minimum absolute atomic E-state index is 0.0358. The Labute approximate surface area is 128 Å². The lowest BCUT2D eigenvalue weighted by molar-refractivity contribution is -0.121. The average Bonchev–Trinajstić information content (AvgIpc) is 3.04. The summed E-state index contributed by atoms with van der Waals surface area (Å²) in [6.45, 7) is 3.71. The van der Waals surface area contributed by atoms with Gasteiger partial charge < -0.3 is 9.88 Å². The summed E-state index contributed by atoms with van der Waals surface area (Å²) < 4.78 is 2.04. The first-order chi connectivity index (χ1) is 10.5. The molecule has 0 aliphatic heterocycles. The molecule has 1 amide bonds. The van der Waals surface area contributed by atoms with Crippen LogP contribution < -0.4 is 5.32 Å². The van der Waals surface area contributed by atoms with Gasteiger partial charge in [0.1, 0.15) is 5.82 Å².